The summed E-state index contributed by atoms with van der Waals surface area (Å²) in [5.41, 5.74) is 2.50. The highest BCUT2D eigenvalue weighted by atomic mass is 32.2. The third-order valence-corrected chi connectivity index (χ3v) is 7.53. The van der Waals surface area contributed by atoms with E-state index in [0.29, 0.717) is 39.4 Å². The van der Waals surface area contributed by atoms with Crippen LogP contribution in [-0.2, 0) is 4.79 Å². The molecule has 0 saturated carbocycles. The molecule has 210 valence electrons. The number of rotatable bonds is 10. The molecule has 1 aliphatic rings. The van der Waals surface area contributed by atoms with Crippen molar-refractivity contribution in [3.8, 4) is 5.75 Å². The van der Waals surface area contributed by atoms with Gasteiger partial charge in [-0.2, -0.15) is 0 Å². The number of carbonyl (C=O) groups excluding carboxylic acids is 4. The Labute approximate surface area is 247 Å². The Kier molecular flexibility index (Phi) is 8.79. The number of hydrogen-bond acceptors (Lipinski definition) is 6. The van der Waals surface area contributed by atoms with Crippen LogP contribution in [0, 0.1) is 0 Å². The maximum absolute atomic E-state index is 13.3. The Bertz CT molecular complexity index is 1630. The van der Waals surface area contributed by atoms with Crippen molar-refractivity contribution in [2.24, 2.45) is 0 Å². The lowest BCUT2D eigenvalue weighted by Crippen LogP contribution is -2.31. The summed E-state index contributed by atoms with van der Waals surface area (Å²) < 4.78 is 5.41. The molecule has 4 amide bonds. The van der Waals surface area contributed by atoms with E-state index in [-0.39, 0.29) is 24.1 Å². The zero-order valence-electron chi connectivity index (χ0n) is 22.7. The van der Waals surface area contributed by atoms with Crippen molar-refractivity contribution < 1.29 is 23.9 Å². The fourth-order valence-corrected chi connectivity index (χ4v) is 5.25. The first-order valence-corrected chi connectivity index (χ1v) is 14.1. The summed E-state index contributed by atoms with van der Waals surface area (Å²) in [6.07, 6.45) is 1.57. The van der Waals surface area contributed by atoms with E-state index in [1.165, 1.54) is 23.8 Å². The van der Waals surface area contributed by atoms with Crippen LogP contribution in [-0.4, -0.2) is 47.9 Å². The summed E-state index contributed by atoms with van der Waals surface area (Å²) in [7, 11) is 1.54. The van der Waals surface area contributed by atoms with E-state index < -0.39 is 11.8 Å². The Morgan fingerprint density at radius 1 is 0.810 bits per heavy atom. The summed E-state index contributed by atoms with van der Waals surface area (Å²) in [6, 6.07) is 29.8. The molecule has 8 nitrogen and oxygen atoms in total. The van der Waals surface area contributed by atoms with Gasteiger partial charge in [0.1, 0.15) is 11.4 Å². The average Bonchev–Trinajstić information content (AvgIpc) is 3.27. The molecule has 0 radical (unpaired) electrons. The molecule has 0 fully saturated rings. The molecular weight excluding hydrogens is 550 g/mol. The molecule has 4 aromatic carbocycles. The normalized spacial score (nSPS) is 12.6. The second-order valence-corrected chi connectivity index (χ2v) is 10.4. The highest BCUT2D eigenvalue weighted by Gasteiger charge is 2.34. The molecule has 0 unspecified atom stereocenters. The molecule has 0 spiro atoms. The van der Waals surface area contributed by atoms with Gasteiger partial charge in [-0.15, -0.1) is 11.8 Å². The lowest BCUT2D eigenvalue weighted by atomic mass is 10.1. The summed E-state index contributed by atoms with van der Waals surface area (Å²) in [4.78, 5) is 53.5. The van der Waals surface area contributed by atoms with E-state index in [9.17, 15) is 19.2 Å². The molecular formula is C33H27N3O5S. The quantitative estimate of drug-likeness (QED) is 0.147. The summed E-state index contributed by atoms with van der Waals surface area (Å²) in [5, 5.41) is 5.56. The van der Waals surface area contributed by atoms with Crippen LogP contribution in [0.5, 0.6) is 5.75 Å². The van der Waals surface area contributed by atoms with Crippen LogP contribution in [0.1, 0.15) is 36.6 Å². The van der Waals surface area contributed by atoms with Crippen LogP contribution in [0.4, 0.5) is 5.69 Å². The van der Waals surface area contributed by atoms with Crippen molar-refractivity contribution >= 4 is 47.2 Å². The van der Waals surface area contributed by atoms with E-state index in [0.717, 1.165) is 4.90 Å². The predicted octanol–water partition coefficient (Wildman–Crippen LogP) is 5.49. The number of para-hydroxylation sites is 1. The molecule has 0 aromatic heterocycles. The van der Waals surface area contributed by atoms with Crippen LogP contribution >= 0.6 is 11.8 Å². The van der Waals surface area contributed by atoms with E-state index in [4.69, 9.17) is 4.74 Å². The van der Waals surface area contributed by atoms with Crippen molar-refractivity contribution in [2.75, 3.05) is 24.7 Å². The van der Waals surface area contributed by atoms with Gasteiger partial charge in [0.2, 0.25) is 0 Å². The van der Waals surface area contributed by atoms with Gasteiger partial charge >= 0.3 is 0 Å². The van der Waals surface area contributed by atoms with Crippen LogP contribution in [0.25, 0.3) is 6.08 Å². The number of ether oxygens (including phenoxy) is 1. The minimum atomic E-state index is -0.504. The standard InChI is InChI=1S/C33H27N3O5S/c1-41-29-14-8-5-11-23(29)21-28(35-30(37)22-9-3-2-4-10-22)31(38)34-24-15-17-25(18-16-24)42-20-19-36-32(39)26-12-6-7-13-27(26)33(36)40/h2-18,21H,19-20H2,1H3,(H,34,38)(H,35,37)/b28-21-. The molecule has 4 aromatic rings. The van der Waals surface area contributed by atoms with Crippen LogP contribution in [0.15, 0.2) is 114 Å². The van der Waals surface area contributed by atoms with Crippen LogP contribution in [0.2, 0.25) is 0 Å². The predicted molar refractivity (Wildman–Crippen MR) is 162 cm³/mol. The number of carbonyl (C=O) groups is 4. The zero-order chi connectivity index (χ0) is 29.5. The summed E-state index contributed by atoms with van der Waals surface area (Å²) >= 11 is 1.49. The molecule has 0 saturated heterocycles. The first-order chi connectivity index (χ1) is 20.4. The zero-order valence-corrected chi connectivity index (χ0v) is 23.5. The van der Waals surface area contributed by atoms with Crippen LogP contribution < -0.4 is 15.4 Å². The SMILES string of the molecule is COc1ccccc1/C=C(\NC(=O)c1ccccc1)C(=O)Nc1ccc(SCCN2C(=O)c3ccccc3C2=O)cc1. The van der Waals surface area contributed by atoms with Crippen molar-refractivity contribution in [3.05, 3.63) is 131 Å². The second kappa shape index (κ2) is 13.0. The lowest BCUT2D eigenvalue weighted by Gasteiger charge is -2.14. The monoisotopic (exact) mass is 577 g/mol. The Morgan fingerprint density at radius 2 is 1.43 bits per heavy atom. The number of nitrogens with zero attached hydrogens (tertiary/aromatic N) is 1. The van der Waals surface area contributed by atoms with Crippen molar-refractivity contribution in [3.63, 3.8) is 0 Å². The Hall–Kier alpha value is -5.15. The number of benzene rings is 4. The van der Waals surface area contributed by atoms with Gasteiger partial charge in [0, 0.05) is 34.0 Å². The van der Waals surface area contributed by atoms with Gasteiger partial charge in [-0.05, 0) is 60.7 Å². The van der Waals surface area contributed by atoms with Crippen LogP contribution in [0.3, 0.4) is 0 Å². The molecule has 42 heavy (non-hydrogen) atoms. The van der Waals surface area contributed by atoms with Crippen molar-refractivity contribution in [2.45, 2.75) is 4.90 Å². The van der Waals surface area contributed by atoms with Gasteiger partial charge in [0.15, 0.2) is 0 Å². The second-order valence-electron chi connectivity index (χ2n) is 9.25. The summed E-state index contributed by atoms with van der Waals surface area (Å²) in [5.74, 6) is -0.391. The maximum atomic E-state index is 13.3. The molecule has 2 N–H and O–H groups in total. The van der Waals surface area contributed by atoms with Crippen molar-refractivity contribution in [1.82, 2.24) is 10.2 Å². The number of hydrogen-bond donors (Lipinski definition) is 2. The van der Waals surface area contributed by atoms with Crippen molar-refractivity contribution in [1.29, 1.82) is 0 Å². The highest BCUT2D eigenvalue weighted by molar-refractivity contribution is 7.99. The fraction of sp³-hybridized carbons (Fsp3) is 0.0909. The van der Waals surface area contributed by atoms with E-state index in [1.54, 1.807) is 78.9 Å². The smallest absolute Gasteiger partial charge is 0.272 e. The van der Waals surface area contributed by atoms with E-state index >= 15 is 0 Å². The highest BCUT2D eigenvalue weighted by Crippen LogP contribution is 2.26. The number of anilines is 1. The molecule has 1 heterocycles. The Morgan fingerprint density at radius 3 is 2.10 bits per heavy atom. The Balaban J connectivity index is 1.24. The largest absolute Gasteiger partial charge is 0.496 e. The number of fused-ring (bicyclic) bond motifs is 1. The number of methoxy groups -OCH3 is 1. The molecule has 1 aliphatic heterocycles. The number of amides is 4. The van der Waals surface area contributed by atoms with Gasteiger partial charge in [-0.3, -0.25) is 24.1 Å². The molecule has 9 heteroatoms. The molecule has 0 bridgehead atoms. The number of thioether (sulfide) groups is 1. The number of imide groups is 1. The first-order valence-electron chi connectivity index (χ1n) is 13.1. The third-order valence-electron chi connectivity index (χ3n) is 6.54. The minimum absolute atomic E-state index is 0.0488. The average molecular weight is 578 g/mol. The van der Waals surface area contributed by atoms with Gasteiger partial charge in [-0.25, -0.2) is 0 Å². The van der Waals surface area contributed by atoms with Gasteiger partial charge in [-0.1, -0.05) is 48.5 Å². The minimum Gasteiger partial charge on any atom is -0.496 e. The maximum Gasteiger partial charge on any atom is 0.272 e. The fourth-order valence-electron chi connectivity index (χ4n) is 4.41. The molecule has 0 aliphatic carbocycles. The number of nitrogens with one attached hydrogen (secondary N) is 2. The van der Waals surface area contributed by atoms with Gasteiger partial charge < -0.3 is 15.4 Å². The lowest BCUT2D eigenvalue weighted by molar-refractivity contribution is -0.113. The van der Waals surface area contributed by atoms with E-state index in [1.807, 2.05) is 30.3 Å². The molecule has 5 rings (SSSR count). The topological polar surface area (TPSA) is 105 Å². The van der Waals surface area contributed by atoms with Gasteiger partial charge in [0.25, 0.3) is 23.6 Å². The van der Waals surface area contributed by atoms with E-state index in [2.05, 4.69) is 10.6 Å². The van der Waals surface area contributed by atoms with Gasteiger partial charge in [0.05, 0.1) is 18.2 Å². The molecule has 0 atom stereocenters. The third kappa shape index (κ3) is 6.42. The first kappa shape index (κ1) is 28.4. The summed E-state index contributed by atoms with van der Waals surface area (Å²) in [6.45, 7) is 0.285.